The van der Waals surface area contributed by atoms with E-state index in [-0.39, 0.29) is 48.6 Å². The van der Waals surface area contributed by atoms with Crippen LogP contribution in [0.25, 0.3) is 0 Å². The average molecular weight is 277 g/mol. The maximum absolute atomic E-state index is 12.5. The highest BCUT2D eigenvalue weighted by molar-refractivity contribution is 6.06. The third-order valence-electron chi connectivity index (χ3n) is 4.69. The number of hydrogen-bond acceptors (Lipinski definition) is 5. The van der Waals surface area contributed by atoms with Gasteiger partial charge in [-0.05, 0) is 12.8 Å². The number of carbonyl (C=O) groups excluding carboxylic acids is 3. The largest absolute Gasteiger partial charge is 0.343 e. The molecule has 0 radical (unpaired) electrons. The zero-order chi connectivity index (χ0) is 13.9. The highest BCUT2D eigenvalue weighted by atomic mass is 16.7. The summed E-state index contributed by atoms with van der Waals surface area (Å²) < 4.78 is 10.7. The van der Waals surface area contributed by atoms with Crippen LogP contribution in [0.2, 0.25) is 0 Å². The first kappa shape index (κ1) is 12.2. The molecule has 0 aromatic heterocycles. The van der Waals surface area contributed by atoms with Gasteiger partial charge >= 0.3 is 0 Å². The van der Waals surface area contributed by atoms with Gasteiger partial charge in [0.1, 0.15) is 6.10 Å². The average Bonchev–Trinajstić information content (AvgIpc) is 2.99. The summed E-state index contributed by atoms with van der Waals surface area (Å²) in [6.45, 7) is 0.270. The number of amides is 2. The maximum atomic E-state index is 12.5. The van der Waals surface area contributed by atoms with Crippen molar-refractivity contribution < 1.29 is 23.9 Å². The number of ketones is 1. The normalized spacial score (nSPS) is 43.3. The zero-order valence-electron chi connectivity index (χ0n) is 10.9. The van der Waals surface area contributed by atoms with Crippen molar-refractivity contribution in [1.29, 1.82) is 0 Å². The van der Waals surface area contributed by atoms with Gasteiger partial charge in [0, 0.05) is 6.42 Å². The van der Waals surface area contributed by atoms with Crippen molar-refractivity contribution in [3.8, 4) is 0 Å². The first-order valence-electron chi connectivity index (χ1n) is 6.98. The second-order valence-corrected chi connectivity index (χ2v) is 5.78. The van der Waals surface area contributed by atoms with E-state index in [4.69, 9.17) is 9.47 Å². The van der Waals surface area contributed by atoms with E-state index < -0.39 is 12.3 Å². The number of hydrogen-bond donors (Lipinski definition) is 0. The van der Waals surface area contributed by atoms with Gasteiger partial charge in [0.05, 0.1) is 24.5 Å². The quantitative estimate of drug-likeness (QED) is 0.499. The van der Waals surface area contributed by atoms with E-state index >= 15 is 0 Å². The van der Waals surface area contributed by atoms with Gasteiger partial charge < -0.3 is 9.47 Å². The van der Waals surface area contributed by atoms with E-state index in [9.17, 15) is 14.4 Å². The fourth-order valence-electron chi connectivity index (χ4n) is 3.63. The van der Waals surface area contributed by atoms with Crippen molar-refractivity contribution in [2.75, 3.05) is 6.61 Å². The Labute approximate surface area is 115 Å². The molecule has 0 N–H and O–H groups in total. The van der Waals surface area contributed by atoms with Crippen LogP contribution in [0.4, 0.5) is 0 Å². The Morgan fingerprint density at radius 3 is 2.35 bits per heavy atom. The Morgan fingerprint density at radius 2 is 1.70 bits per heavy atom. The van der Waals surface area contributed by atoms with Gasteiger partial charge in [-0.15, -0.1) is 0 Å². The lowest BCUT2D eigenvalue weighted by atomic mass is 9.85. The topological polar surface area (TPSA) is 72.9 Å². The third-order valence-corrected chi connectivity index (χ3v) is 4.69. The van der Waals surface area contributed by atoms with Gasteiger partial charge in [-0.2, -0.15) is 0 Å². The molecule has 6 nitrogen and oxygen atoms in total. The van der Waals surface area contributed by atoms with Crippen LogP contribution >= 0.6 is 0 Å². The third kappa shape index (κ3) is 1.55. The lowest BCUT2D eigenvalue weighted by Gasteiger charge is -2.32. The molecule has 2 amide bonds. The molecule has 0 unspecified atom stereocenters. The predicted octanol–water partition coefficient (Wildman–Crippen LogP) is 0.0205. The second kappa shape index (κ2) is 4.23. The molecule has 106 valence electrons. The molecule has 3 fully saturated rings. The fourth-order valence-corrected chi connectivity index (χ4v) is 3.63. The molecule has 0 aromatic carbocycles. The number of rotatable bonds is 1. The highest BCUT2D eigenvalue weighted by Crippen LogP contribution is 2.39. The van der Waals surface area contributed by atoms with Crippen LogP contribution in [-0.2, 0) is 23.9 Å². The second-order valence-electron chi connectivity index (χ2n) is 5.78. The highest BCUT2D eigenvalue weighted by Gasteiger charge is 2.55. The van der Waals surface area contributed by atoms with E-state index in [1.54, 1.807) is 0 Å². The van der Waals surface area contributed by atoms with Crippen molar-refractivity contribution in [3.05, 3.63) is 12.2 Å². The molecule has 1 aliphatic carbocycles. The monoisotopic (exact) mass is 277 g/mol. The Balaban J connectivity index is 1.64. The number of ether oxygens (including phenoxy) is 2. The molecular weight excluding hydrogens is 262 g/mol. The van der Waals surface area contributed by atoms with Crippen LogP contribution in [0.3, 0.4) is 0 Å². The summed E-state index contributed by atoms with van der Waals surface area (Å²) in [5.74, 6) is -1.02. The predicted molar refractivity (Wildman–Crippen MR) is 65.2 cm³/mol. The lowest BCUT2D eigenvalue weighted by Crippen LogP contribution is -2.52. The summed E-state index contributed by atoms with van der Waals surface area (Å²) in [6.07, 6.45) is 4.11. The summed E-state index contributed by atoms with van der Waals surface area (Å²) >= 11 is 0. The van der Waals surface area contributed by atoms with E-state index in [2.05, 4.69) is 0 Å². The van der Waals surface area contributed by atoms with Gasteiger partial charge in [0.15, 0.2) is 5.78 Å². The van der Waals surface area contributed by atoms with Crippen molar-refractivity contribution in [1.82, 2.24) is 4.90 Å². The molecule has 20 heavy (non-hydrogen) atoms. The SMILES string of the molecule is O=C1C[C@@H](N2C(=O)[C@H]3CC=CC[C@H]3C2=O)[C@H]2CO[C@H]1O2. The standard InChI is InChI=1S/C14H15NO5/c16-10-5-9(11-6-19-14(10)20-11)15-12(17)7-3-1-2-4-8(7)13(15)18/h1-2,7-9,11,14H,3-6H2/t7-,8+,9-,11-,14+/m1/s1. The van der Waals surface area contributed by atoms with Crippen LogP contribution in [0, 0.1) is 11.8 Å². The molecular formula is C14H15NO5. The van der Waals surface area contributed by atoms with E-state index in [1.807, 2.05) is 12.2 Å². The molecule has 4 aliphatic rings. The molecule has 3 aliphatic heterocycles. The zero-order valence-corrected chi connectivity index (χ0v) is 10.9. The summed E-state index contributed by atoms with van der Waals surface area (Å²) in [6, 6.07) is -0.494. The maximum Gasteiger partial charge on any atom is 0.233 e. The summed E-state index contributed by atoms with van der Waals surface area (Å²) in [5, 5.41) is 0. The van der Waals surface area contributed by atoms with E-state index in [1.165, 1.54) is 4.90 Å². The van der Waals surface area contributed by atoms with Crippen LogP contribution < -0.4 is 0 Å². The Morgan fingerprint density at radius 1 is 1.05 bits per heavy atom. The smallest absolute Gasteiger partial charge is 0.233 e. The lowest BCUT2D eigenvalue weighted by molar-refractivity contribution is -0.163. The van der Waals surface area contributed by atoms with Gasteiger partial charge in [-0.25, -0.2) is 0 Å². The number of fused-ring (bicyclic) bond motifs is 3. The van der Waals surface area contributed by atoms with Crippen molar-refractivity contribution in [3.63, 3.8) is 0 Å². The van der Waals surface area contributed by atoms with Gasteiger partial charge in [-0.1, -0.05) is 12.2 Å². The summed E-state index contributed by atoms with van der Waals surface area (Å²) in [7, 11) is 0. The van der Waals surface area contributed by atoms with Gasteiger partial charge in [0.2, 0.25) is 18.1 Å². The molecule has 0 saturated carbocycles. The van der Waals surface area contributed by atoms with Gasteiger partial charge in [-0.3, -0.25) is 19.3 Å². The van der Waals surface area contributed by atoms with E-state index in [0.717, 1.165) is 0 Å². The Hall–Kier alpha value is -1.53. The molecule has 0 aromatic rings. The number of Topliss-reactive ketones (excluding diaryl/α,β-unsaturated/α-hetero) is 1. The van der Waals surface area contributed by atoms with Crippen LogP contribution in [0.15, 0.2) is 12.2 Å². The van der Waals surface area contributed by atoms with Crippen molar-refractivity contribution in [2.45, 2.75) is 37.7 Å². The number of nitrogens with zero attached hydrogens (tertiary/aromatic N) is 1. The van der Waals surface area contributed by atoms with Crippen LogP contribution in [-0.4, -0.2) is 47.5 Å². The molecule has 2 bridgehead atoms. The molecule has 6 heteroatoms. The molecule has 3 heterocycles. The first-order chi connectivity index (χ1) is 9.66. The molecule has 5 atom stereocenters. The van der Waals surface area contributed by atoms with E-state index in [0.29, 0.717) is 12.8 Å². The number of imide groups is 1. The summed E-state index contributed by atoms with van der Waals surface area (Å²) in [4.78, 5) is 38.1. The first-order valence-corrected chi connectivity index (χ1v) is 6.98. The van der Waals surface area contributed by atoms with Gasteiger partial charge in [0.25, 0.3) is 0 Å². The minimum Gasteiger partial charge on any atom is -0.343 e. The Kier molecular flexibility index (Phi) is 2.59. The summed E-state index contributed by atoms with van der Waals surface area (Å²) in [5.41, 5.74) is 0. The fraction of sp³-hybridized carbons (Fsp3) is 0.643. The number of likely N-dealkylation sites (tertiary alicyclic amines) is 1. The molecule has 0 spiro atoms. The Bertz CT molecular complexity index is 502. The van der Waals surface area contributed by atoms with Crippen molar-refractivity contribution >= 4 is 17.6 Å². The van der Waals surface area contributed by atoms with Crippen LogP contribution in [0.1, 0.15) is 19.3 Å². The minimum absolute atomic E-state index is 0.152. The minimum atomic E-state index is -0.798. The number of allylic oxidation sites excluding steroid dienone is 2. The van der Waals surface area contributed by atoms with Crippen molar-refractivity contribution in [2.24, 2.45) is 11.8 Å². The molecule has 3 saturated heterocycles. The van der Waals surface area contributed by atoms with Crippen LogP contribution in [0.5, 0.6) is 0 Å². The molecule has 4 rings (SSSR count). The number of carbonyl (C=O) groups is 3.